The summed E-state index contributed by atoms with van der Waals surface area (Å²) in [4.78, 5) is 18.7. The lowest BCUT2D eigenvalue weighted by Crippen LogP contribution is -2.17. The lowest BCUT2D eigenvalue weighted by molar-refractivity contribution is -0.139. The van der Waals surface area contributed by atoms with Gasteiger partial charge in [0.1, 0.15) is 11.7 Å². The zero-order valence-electron chi connectivity index (χ0n) is 9.08. The van der Waals surface area contributed by atoms with Crippen molar-refractivity contribution in [1.82, 2.24) is 9.97 Å². The van der Waals surface area contributed by atoms with Crippen molar-refractivity contribution in [2.24, 2.45) is 0 Å². The quantitative estimate of drug-likeness (QED) is 0.781. The molecule has 0 radical (unpaired) electrons. The van der Waals surface area contributed by atoms with E-state index < -0.39 is 11.9 Å². The number of hydrogen-bond acceptors (Lipinski definition) is 2. The Morgan fingerprint density at radius 3 is 2.93 bits per heavy atom. The minimum atomic E-state index is -0.752. The van der Waals surface area contributed by atoms with Gasteiger partial charge in [0.2, 0.25) is 0 Å². The molecule has 0 amide bonds. The number of fused-ring (bicyclic) bond motifs is 1. The van der Waals surface area contributed by atoms with Crippen molar-refractivity contribution >= 4 is 5.97 Å². The van der Waals surface area contributed by atoms with Crippen LogP contribution in [-0.4, -0.2) is 21.0 Å². The smallest absolute Gasteiger partial charge is 0.312 e. The topological polar surface area (TPSA) is 66.0 Å². The summed E-state index contributed by atoms with van der Waals surface area (Å²) in [5.74, 6) is 0.0773. The maximum atomic E-state index is 11.0. The molecule has 0 bridgehead atoms. The van der Waals surface area contributed by atoms with Crippen LogP contribution in [0.1, 0.15) is 55.7 Å². The summed E-state index contributed by atoms with van der Waals surface area (Å²) in [5.41, 5.74) is 1.79. The molecule has 1 heterocycles. The summed E-state index contributed by atoms with van der Waals surface area (Å²) in [6, 6.07) is 0. The molecule has 4 heteroatoms. The van der Waals surface area contributed by atoms with Gasteiger partial charge in [-0.1, -0.05) is 13.8 Å². The van der Waals surface area contributed by atoms with E-state index >= 15 is 0 Å². The Morgan fingerprint density at radius 2 is 2.33 bits per heavy atom. The van der Waals surface area contributed by atoms with Gasteiger partial charge >= 0.3 is 5.97 Å². The molecule has 2 rings (SSSR count). The van der Waals surface area contributed by atoms with Gasteiger partial charge in [-0.3, -0.25) is 4.79 Å². The largest absolute Gasteiger partial charge is 0.481 e. The molecule has 2 N–H and O–H groups in total. The molecule has 0 aromatic carbocycles. The zero-order valence-corrected chi connectivity index (χ0v) is 9.08. The maximum absolute atomic E-state index is 11.0. The third-order valence-corrected chi connectivity index (χ3v) is 2.92. The molecule has 0 saturated carbocycles. The van der Waals surface area contributed by atoms with Gasteiger partial charge in [-0.05, 0) is 19.3 Å². The molecule has 0 aliphatic heterocycles. The van der Waals surface area contributed by atoms with Crippen LogP contribution in [-0.2, 0) is 11.2 Å². The number of hydrogen-bond donors (Lipinski definition) is 2. The van der Waals surface area contributed by atoms with Crippen LogP contribution in [0.2, 0.25) is 0 Å². The lowest BCUT2D eigenvalue weighted by atomic mass is 9.90. The molecule has 1 aromatic rings. The average molecular weight is 208 g/mol. The van der Waals surface area contributed by atoms with E-state index in [1.807, 2.05) is 0 Å². The summed E-state index contributed by atoms with van der Waals surface area (Å²) < 4.78 is 0. The average Bonchev–Trinajstić information content (AvgIpc) is 2.60. The van der Waals surface area contributed by atoms with Crippen LogP contribution in [0.5, 0.6) is 0 Å². The van der Waals surface area contributed by atoms with Crippen LogP contribution in [0.15, 0.2) is 0 Å². The minimum Gasteiger partial charge on any atom is -0.481 e. The van der Waals surface area contributed by atoms with Crippen molar-refractivity contribution in [3.8, 4) is 0 Å². The highest BCUT2D eigenvalue weighted by Gasteiger charge is 2.29. The molecular weight excluding hydrogens is 192 g/mol. The summed E-state index contributed by atoms with van der Waals surface area (Å²) in [5, 5.41) is 9.08. The number of aromatic nitrogens is 2. The molecule has 0 fully saturated rings. The molecule has 1 aliphatic rings. The van der Waals surface area contributed by atoms with Crippen LogP contribution in [0.4, 0.5) is 0 Å². The molecule has 1 aliphatic carbocycles. The Bertz CT molecular complexity index is 382. The molecule has 4 nitrogen and oxygen atoms in total. The second-order valence-corrected chi connectivity index (χ2v) is 4.42. The minimum absolute atomic E-state index is 0.324. The monoisotopic (exact) mass is 208 g/mol. The first-order chi connectivity index (χ1) is 7.09. The van der Waals surface area contributed by atoms with Gasteiger partial charge in [-0.15, -0.1) is 0 Å². The summed E-state index contributed by atoms with van der Waals surface area (Å²) in [6.07, 6.45) is 2.58. The van der Waals surface area contributed by atoms with Crippen molar-refractivity contribution in [3.05, 3.63) is 17.2 Å². The van der Waals surface area contributed by atoms with E-state index in [-0.39, 0.29) is 0 Å². The first kappa shape index (κ1) is 10.2. The van der Waals surface area contributed by atoms with Gasteiger partial charge in [-0.2, -0.15) is 0 Å². The predicted molar refractivity (Wildman–Crippen MR) is 56.0 cm³/mol. The number of rotatable bonds is 2. The van der Waals surface area contributed by atoms with Gasteiger partial charge in [0.15, 0.2) is 0 Å². The first-order valence-electron chi connectivity index (χ1n) is 5.41. The number of nitrogens with zero attached hydrogens (tertiary/aromatic N) is 1. The van der Waals surface area contributed by atoms with Gasteiger partial charge in [0.25, 0.3) is 0 Å². The van der Waals surface area contributed by atoms with Crippen LogP contribution in [0.3, 0.4) is 0 Å². The first-order valence-corrected chi connectivity index (χ1v) is 5.41. The van der Waals surface area contributed by atoms with Gasteiger partial charge in [0.05, 0.1) is 5.69 Å². The number of carboxylic acid groups (broad SMARTS) is 1. The molecule has 15 heavy (non-hydrogen) atoms. The lowest BCUT2D eigenvalue weighted by Gasteiger charge is -2.16. The highest BCUT2D eigenvalue weighted by atomic mass is 16.4. The summed E-state index contributed by atoms with van der Waals surface area (Å²) in [6.45, 7) is 4.11. The third kappa shape index (κ3) is 1.76. The third-order valence-electron chi connectivity index (χ3n) is 2.92. The van der Waals surface area contributed by atoms with Crippen LogP contribution in [0, 0.1) is 0 Å². The molecule has 1 atom stereocenters. The van der Waals surface area contributed by atoms with Crippen LogP contribution in [0.25, 0.3) is 0 Å². The van der Waals surface area contributed by atoms with Crippen molar-refractivity contribution in [2.75, 3.05) is 0 Å². The van der Waals surface area contributed by atoms with E-state index in [1.165, 1.54) is 0 Å². The fourth-order valence-electron chi connectivity index (χ4n) is 2.06. The Kier molecular flexibility index (Phi) is 2.50. The number of H-pyrrole nitrogens is 1. The number of carboxylic acids is 1. The molecule has 82 valence electrons. The molecule has 1 unspecified atom stereocenters. The second-order valence-electron chi connectivity index (χ2n) is 4.42. The Balaban J connectivity index is 2.38. The zero-order chi connectivity index (χ0) is 11.0. The van der Waals surface area contributed by atoms with Crippen molar-refractivity contribution in [2.45, 2.75) is 44.9 Å². The normalized spacial score (nSPS) is 20.3. The highest BCUT2D eigenvalue weighted by molar-refractivity contribution is 5.76. The van der Waals surface area contributed by atoms with E-state index in [1.54, 1.807) is 0 Å². The van der Waals surface area contributed by atoms with Crippen molar-refractivity contribution < 1.29 is 9.90 Å². The SMILES string of the molecule is CC(C)c1nc2c([nH]1)CCCC2C(=O)O. The number of imidazole rings is 1. The fraction of sp³-hybridized carbons (Fsp3) is 0.636. The van der Waals surface area contributed by atoms with Crippen molar-refractivity contribution in [3.63, 3.8) is 0 Å². The number of nitrogens with one attached hydrogen (secondary N) is 1. The molecule has 0 saturated heterocycles. The Hall–Kier alpha value is -1.32. The van der Waals surface area contributed by atoms with Gasteiger partial charge in [-0.25, -0.2) is 4.98 Å². The molecule has 0 spiro atoms. The Morgan fingerprint density at radius 1 is 1.60 bits per heavy atom. The fourth-order valence-corrected chi connectivity index (χ4v) is 2.06. The summed E-state index contributed by atoms with van der Waals surface area (Å²) in [7, 11) is 0. The van der Waals surface area contributed by atoms with E-state index in [0.717, 1.165) is 30.1 Å². The maximum Gasteiger partial charge on any atom is 0.312 e. The second kappa shape index (κ2) is 3.68. The standard InChI is InChI=1S/C11H16N2O2/c1-6(2)10-12-8-5-3-4-7(11(14)15)9(8)13-10/h6-7H,3-5H2,1-2H3,(H,12,13)(H,14,15). The summed E-state index contributed by atoms with van der Waals surface area (Å²) >= 11 is 0. The number of aliphatic carboxylic acids is 1. The van der Waals surface area contributed by atoms with Gasteiger partial charge in [0, 0.05) is 11.6 Å². The van der Waals surface area contributed by atoms with E-state index in [9.17, 15) is 4.79 Å². The van der Waals surface area contributed by atoms with E-state index in [4.69, 9.17) is 5.11 Å². The molecule has 1 aromatic heterocycles. The van der Waals surface area contributed by atoms with Gasteiger partial charge < -0.3 is 10.1 Å². The van der Waals surface area contributed by atoms with Crippen molar-refractivity contribution in [1.29, 1.82) is 0 Å². The number of carbonyl (C=O) groups is 1. The predicted octanol–water partition coefficient (Wildman–Crippen LogP) is 2.04. The van der Waals surface area contributed by atoms with E-state index in [2.05, 4.69) is 23.8 Å². The van der Waals surface area contributed by atoms with Crippen LogP contribution < -0.4 is 0 Å². The highest BCUT2D eigenvalue weighted by Crippen LogP contribution is 2.31. The van der Waals surface area contributed by atoms with Crippen LogP contribution >= 0.6 is 0 Å². The number of aryl methyl sites for hydroxylation is 1. The molecular formula is C11H16N2O2. The number of aromatic amines is 1. The Labute approximate surface area is 88.7 Å². The van der Waals surface area contributed by atoms with E-state index in [0.29, 0.717) is 12.3 Å².